The van der Waals surface area contributed by atoms with E-state index in [2.05, 4.69) is 74.6 Å². The molecule has 0 aliphatic carbocycles. The van der Waals surface area contributed by atoms with Crippen LogP contribution in [0.3, 0.4) is 0 Å². The molecule has 1 aliphatic rings. The third kappa shape index (κ3) is 4.81. The predicted octanol–water partition coefficient (Wildman–Crippen LogP) is 4.28. The standard InChI is InChI=1S/C27H29N5O/c1-20-12-13-25-24(18-20)29-30-32(25)23-14-16-31(17-15-23)19-26(33)28-27(21-8-4-2-5-9-21)22-10-6-3-7-11-22/h2-13,18,23,27H,14-17,19H2,1H3,(H,28,33). The molecule has 0 spiro atoms. The van der Waals surface area contributed by atoms with E-state index in [1.54, 1.807) is 0 Å². The fourth-order valence-corrected chi connectivity index (χ4v) is 4.70. The lowest BCUT2D eigenvalue weighted by atomic mass is 9.98. The fourth-order valence-electron chi connectivity index (χ4n) is 4.70. The molecule has 1 aliphatic heterocycles. The summed E-state index contributed by atoms with van der Waals surface area (Å²) in [4.78, 5) is 15.2. The molecule has 1 aromatic heterocycles. The zero-order chi connectivity index (χ0) is 22.6. The van der Waals surface area contributed by atoms with Gasteiger partial charge in [-0.1, -0.05) is 71.9 Å². The Bertz CT molecular complexity index is 1170. The Morgan fingerprint density at radius 3 is 2.24 bits per heavy atom. The van der Waals surface area contributed by atoms with Crippen molar-refractivity contribution < 1.29 is 4.79 Å². The second kappa shape index (κ2) is 9.55. The Morgan fingerprint density at radius 2 is 1.61 bits per heavy atom. The van der Waals surface area contributed by atoms with Crippen molar-refractivity contribution >= 4 is 16.9 Å². The van der Waals surface area contributed by atoms with Crippen LogP contribution in [-0.2, 0) is 4.79 Å². The number of benzene rings is 3. The summed E-state index contributed by atoms with van der Waals surface area (Å²) in [6.07, 6.45) is 1.92. The van der Waals surface area contributed by atoms with Crippen LogP contribution < -0.4 is 5.32 Å². The zero-order valence-electron chi connectivity index (χ0n) is 18.9. The predicted molar refractivity (Wildman–Crippen MR) is 130 cm³/mol. The summed E-state index contributed by atoms with van der Waals surface area (Å²) >= 11 is 0. The van der Waals surface area contributed by atoms with Gasteiger partial charge in [-0.25, -0.2) is 4.68 Å². The maximum atomic E-state index is 13.0. The average Bonchev–Trinajstić information content (AvgIpc) is 3.27. The van der Waals surface area contributed by atoms with Crippen molar-refractivity contribution in [2.75, 3.05) is 19.6 Å². The van der Waals surface area contributed by atoms with E-state index >= 15 is 0 Å². The van der Waals surface area contributed by atoms with Gasteiger partial charge in [0.25, 0.3) is 0 Å². The molecule has 5 rings (SSSR count). The van der Waals surface area contributed by atoms with Crippen LogP contribution in [0.5, 0.6) is 0 Å². The van der Waals surface area contributed by atoms with Crippen molar-refractivity contribution in [3.8, 4) is 0 Å². The molecule has 168 valence electrons. The number of hydrogen-bond acceptors (Lipinski definition) is 4. The van der Waals surface area contributed by atoms with Gasteiger partial charge in [0.1, 0.15) is 5.52 Å². The summed E-state index contributed by atoms with van der Waals surface area (Å²) in [7, 11) is 0. The van der Waals surface area contributed by atoms with Crippen LogP contribution in [-0.4, -0.2) is 45.4 Å². The van der Waals surface area contributed by atoms with Crippen LogP contribution in [0, 0.1) is 6.92 Å². The third-order valence-electron chi connectivity index (χ3n) is 6.47. The highest BCUT2D eigenvalue weighted by atomic mass is 16.2. The molecular weight excluding hydrogens is 410 g/mol. The van der Waals surface area contributed by atoms with Crippen molar-refractivity contribution in [1.29, 1.82) is 0 Å². The maximum absolute atomic E-state index is 13.0. The van der Waals surface area contributed by atoms with Gasteiger partial charge < -0.3 is 5.32 Å². The Kier molecular flexibility index (Phi) is 6.17. The Labute approximate surface area is 194 Å². The monoisotopic (exact) mass is 439 g/mol. The van der Waals surface area contributed by atoms with E-state index in [-0.39, 0.29) is 11.9 Å². The maximum Gasteiger partial charge on any atom is 0.234 e. The number of carbonyl (C=O) groups excluding carboxylic acids is 1. The first-order valence-electron chi connectivity index (χ1n) is 11.6. The van der Waals surface area contributed by atoms with E-state index in [0.717, 1.165) is 48.1 Å². The number of nitrogens with one attached hydrogen (secondary N) is 1. The van der Waals surface area contributed by atoms with E-state index in [4.69, 9.17) is 0 Å². The van der Waals surface area contributed by atoms with Gasteiger partial charge in [0.15, 0.2) is 0 Å². The number of rotatable bonds is 6. The molecule has 1 amide bonds. The van der Waals surface area contributed by atoms with Crippen LogP contribution in [0.1, 0.15) is 41.6 Å². The fraction of sp³-hybridized carbons (Fsp3) is 0.296. The first kappa shape index (κ1) is 21.3. The normalized spacial score (nSPS) is 15.2. The number of amides is 1. The van der Waals surface area contributed by atoms with Gasteiger partial charge in [0.2, 0.25) is 5.91 Å². The lowest BCUT2D eigenvalue weighted by Gasteiger charge is -2.32. The van der Waals surface area contributed by atoms with E-state index in [0.29, 0.717) is 12.6 Å². The van der Waals surface area contributed by atoms with Crippen LogP contribution in [0.2, 0.25) is 0 Å². The van der Waals surface area contributed by atoms with Crippen LogP contribution >= 0.6 is 0 Å². The molecule has 1 fully saturated rings. The highest BCUT2D eigenvalue weighted by Gasteiger charge is 2.25. The summed E-state index contributed by atoms with van der Waals surface area (Å²) in [5.74, 6) is 0.0489. The smallest absolute Gasteiger partial charge is 0.234 e. The molecule has 0 unspecified atom stereocenters. The van der Waals surface area contributed by atoms with E-state index in [9.17, 15) is 4.79 Å². The Morgan fingerprint density at radius 1 is 0.970 bits per heavy atom. The molecule has 0 saturated carbocycles. The van der Waals surface area contributed by atoms with Crippen LogP contribution in [0.25, 0.3) is 11.0 Å². The lowest BCUT2D eigenvalue weighted by molar-refractivity contribution is -0.123. The third-order valence-corrected chi connectivity index (χ3v) is 6.47. The minimum absolute atomic E-state index is 0.0489. The molecule has 33 heavy (non-hydrogen) atoms. The highest BCUT2D eigenvalue weighted by molar-refractivity contribution is 5.79. The summed E-state index contributed by atoms with van der Waals surface area (Å²) in [6.45, 7) is 4.21. The molecular formula is C27H29N5O. The molecule has 1 N–H and O–H groups in total. The van der Waals surface area contributed by atoms with Crippen molar-refractivity contribution in [1.82, 2.24) is 25.2 Å². The topological polar surface area (TPSA) is 63.1 Å². The second-order valence-electron chi connectivity index (χ2n) is 8.86. The van der Waals surface area contributed by atoms with Crippen LogP contribution in [0.4, 0.5) is 0 Å². The molecule has 0 bridgehead atoms. The summed E-state index contributed by atoms with van der Waals surface area (Å²) in [5, 5.41) is 12.0. The molecule has 0 radical (unpaired) electrons. The minimum Gasteiger partial charge on any atom is -0.344 e. The average molecular weight is 440 g/mol. The van der Waals surface area contributed by atoms with Crippen molar-refractivity contribution in [2.45, 2.75) is 31.8 Å². The molecule has 1 saturated heterocycles. The van der Waals surface area contributed by atoms with Gasteiger partial charge in [-0.15, -0.1) is 5.10 Å². The lowest BCUT2D eigenvalue weighted by Crippen LogP contribution is -2.43. The van der Waals surface area contributed by atoms with Gasteiger partial charge in [-0.2, -0.15) is 0 Å². The second-order valence-corrected chi connectivity index (χ2v) is 8.86. The highest BCUT2D eigenvalue weighted by Crippen LogP contribution is 2.26. The SMILES string of the molecule is Cc1ccc2c(c1)nnn2C1CCN(CC(=O)NC(c2ccccc2)c2ccccc2)CC1. The number of nitrogens with zero attached hydrogens (tertiary/aromatic N) is 4. The molecule has 0 atom stereocenters. The van der Waals surface area contributed by atoms with E-state index in [1.807, 2.05) is 36.4 Å². The number of carbonyl (C=O) groups is 1. The van der Waals surface area contributed by atoms with E-state index < -0.39 is 0 Å². The largest absolute Gasteiger partial charge is 0.344 e. The first-order chi connectivity index (χ1) is 16.2. The summed E-state index contributed by atoms with van der Waals surface area (Å²) in [5.41, 5.74) is 5.41. The molecule has 6 heteroatoms. The van der Waals surface area contributed by atoms with Gasteiger partial charge in [0.05, 0.1) is 24.1 Å². The van der Waals surface area contributed by atoms with Gasteiger partial charge in [0, 0.05) is 13.1 Å². The molecule has 6 nitrogen and oxygen atoms in total. The quantitative estimate of drug-likeness (QED) is 0.487. The Balaban J connectivity index is 1.21. The summed E-state index contributed by atoms with van der Waals surface area (Å²) in [6, 6.07) is 26.8. The van der Waals surface area contributed by atoms with Crippen molar-refractivity contribution in [2.24, 2.45) is 0 Å². The summed E-state index contributed by atoms with van der Waals surface area (Å²) < 4.78 is 2.06. The Hall–Kier alpha value is -3.51. The minimum atomic E-state index is -0.151. The van der Waals surface area contributed by atoms with Crippen molar-refractivity contribution in [3.05, 3.63) is 95.6 Å². The number of likely N-dealkylation sites (tertiary alicyclic amines) is 1. The molecule has 2 heterocycles. The van der Waals surface area contributed by atoms with E-state index in [1.165, 1.54) is 5.56 Å². The number of aryl methyl sites for hydroxylation is 1. The number of fused-ring (bicyclic) bond motifs is 1. The molecule has 3 aromatic carbocycles. The number of aromatic nitrogens is 3. The number of piperidine rings is 1. The van der Waals surface area contributed by atoms with Crippen LogP contribution in [0.15, 0.2) is 78.9 Å². The number of hydrogen-bond donors (Lipinski definition) is 1. The van der Waals surface area contributed by atoms with Gasteiger partial charge in [-0.05, 0) is 48.6 Å². The van der Waals surface area contributed by atoms with Gasteiger partial charge >= 0.3 is 0 Å². The molecule has 4 aromatic rings. The van der Waals surface area contributed by atoms with Gasteiger partial charge in [-0.3, -0.25) is 9.69 Å². The van der Waals surface area contributed by atoms with Crippen molar-refractivity contribution in [3.63, 3.8) is 0 Å². The zero-order valence-corrected chi connectivity index (χ0v) is 18.9. The first-order valence-corrected chi connectivity index (χ1v) is 11.6.